The van der Waals surface area contributed by atoms with Crippen LogP contribution in [0.25, 0.3) is 0 Å². The highest BCUT2D eigenvalue weighted by Gasteiger charge is 2.10. The molecule has 0 aliphatic rings. The number of carbonyl (C=O) groups excluding carboxylic acids is 1. The number of amides is 1. The van der Waals surface area contributed by atoms with Crippen molar-refractivity contribution in [1.82, 2.24) is 5.43 Å². The molecule has 132 valence electrons. The zero-order valence-electron chi connectivity index (χ0n) is 14.0. The smallest absolute Gasteiger partial charge is 0.240 e. The standard InChI is InChI=1S/C19H21ClN2O3/c1-2-25-17-8-6-15(7-9-17)18(23)10-11-19(24)22-21-13-14-4-3-5-16(20)12-14/h3-9,12-13,18,23H,2,10-11H2,1H3,(H,22,24)/b21-13-. The maximum atomic E-state index is 11.8. The van der Waals surface area contributed by atoms with Gasteiger partial charge in [-0.15, -0.1) is 0 Å². The van der Waals surface area contributed by atoms with Crippen molar-refractivity contribution in [3.8, 4) is 5.75 Å². The SMILES string of the molecule is CCOc1ccc(C(O)CCC(=O)N/N=C\c2cccc(Cl)c2)cc1. The maximum Gasteiger partial charge on any atom is 0.240 e. The molecule has 0 saturated heterocycles. The highest BCUT2D eigenvalue weighted by Crippen LogP contribution is 2.21. The largest absolute Gasteiger partial charge is 0.494 e. The molecule has 0 aliphatic carbocycles. The Morgan fingerprint density at radius 2 is 2.08 bits per heavy atom. The average molecular weight is 361 g/mol. The van der Waals surface area contributed by atoms with E-state index in [0.29, 0.717) is 18.1 Å². The Bertz CT molecular complexity index is 717. The van der Waals surface area contributed by atoms with Crippen LogP contribution in [0.2, 0.25) is 5.02 Å². The molecule has 0 bridgehead atoms. The Kier molecular flexibility index (Phi) is 7.44. The van der Waals surface area contributed by atoms with E-state index in [2.05, 4.69) is 10.5 Å². The van der Waals surface area contributed by atoms with Crippen LogP contribution in [0.4, 0.5) is 0 Å². The molecule has 2 aromatic rings. The Hall–Kier alpha value is -2.37. The molecule has 0 radical (unpaired) electrons. The fourth-order valence-corrected chi connectivity index (χ4v) is 2.41. The molecule has 0 fully saturated rings. The second kappa shape index (κ2) is 9.81. The number of rotatable bonds is 8. The van der Waals surface area contributed by atoms with Crippen molar-refractivity contribution in [3.05, 3.63) is 64.7 Å². The Labute approximate surface area is 152 Å². The molecule has 0 aliphatic heterocycles. The number of hydrogen-bond acceptors (Lipinski definition) is 4. The Balaban J connectivity index is 1.77. The van der Waals surface area contributed by atoms with Gasteiger partial charge in [0.1, 0.15) is 5.75 Å². The molecule has 25 heavy (non-hydrogen) atoms. The van der Waals surface area contributed by atoms with Crippen molar-refractivity contribution in [3.63, 3.8) is 0 Å². The van der Waals surface area contributed by atoms with Crippen molar-refractivity contribution in [1.29, 1.82) is 0 Å². The van der Waals surface area contributed by atoms with Gasteiger partial charge in [-0.25, -0.2) is 5.43 Å². The molecule has 5 nitrogen and oxygen atoms in total. The number of nitrogens with zero attached hydrogens (tertiary/aromatic N) is 1. The number of ether oxygens (including phenoxy) is 1. The van der Waals surface area contributed by atoms with Gasteiger partial charge >= 0.3 is 0 Å². The minimum Gasteiger partial charge on any atom is -0.494 e. The lowest BCUT2D eigenvalue weighted by molar-refractivity contribution is -0.121. The van der Waals surface area contributed by atoms with Crippen LogP contribution in [-0.4, -0.2) is 23.8 Å². The van der Waals surface area contributed by atoms with Crippen LogP contribution in [0.3, 0.4) is 0 Å². The van der Waals surface area contributed by atoms with Gasteiger partial charge in [-0.05, 0) is 48.7 Å². The van der Waals surface area contributed by atoms with E-state index >= 15 is 0 Å². The van der Waals surface area contributed by atoms with Gasteiger partial charge in [0, 0.05) is 11.4 Å². The molecule has 0 saturated carbocycles. The number of hydrazone groups is 1. The van der Waals surface area contributed by atoms with Crippen molar-refractivity contribution >= 4 is 23.7 Å². The number of hydrogen-bond donors (Lipinski definition) is 2. The minimum atomic E-state index is -0.710. The summed E-state index contributed by atoms with van der Waals surface area (Å²) in [6.45, 7) is 2.51. The van der Waals surface area contributed by atoms with E-state index < -0.39 is 6.10 Å². The topological polar surface area (TPSA) is 70.9 Å². The first-order chi connectivity index (χ1) is 12.1. The first kappa shape index (κ1) is 19.0. The lowest BCUT2D eigenvalue weighted by atomic mass is 10.0. The molecular weight excluding hydrogens is 340 g/mol. The molecule has 2 N–H and O–H groups in total. The summed E-state index contributed by atoms with van der Waals surface area (Å²) in [4.78, 5) is 11.8. The van der Waals surface area contributed by atoms with Crippen LogP contribution in [0.1, 0.15) is 37.0 Å². The van der Waals surface area contributed by atoms with Gasteiger partial charge in [0.2, 0.25) is 5.91 Å². The van der Waals surface area contributed by atoms with Crippen molar-refractivity contribution in [2.45, 2.75) is 25.9 Å². The molecule has 6 heteroatoms. The summed E-state index contributed by atoms with van der Waals surface area (Å²) in [6, 6.07) is 14.3. The van der Waals surface area contributed by atoms with E-state index in [1.165, 1.54) is 6.21 Å². The quantitative estimate of drug-likeness (QED) is 0.557. The third kappa shape index (κ3) is 6.57. The highest BCUT2D eigenvalue weighted by molar-refractivity contribution is 6.30. The lowest BCUT2D eigenvalue weighted by Gasteiger charge is -2.11. The number of carbonyl (C=O) groups is 1. The first-order valence-corrected chi connectivity index (χ1v) is 8.44. The zero-order valence-corrected chi connectivity index (χ0v) is 14.7. The number of benzene rings is 2. The van der Waals surface area contributed by atoms with Crippen LogP contribution >= 0.6 is 11.6 Å². The highest BCUT2D eigenvalue weighted by atomic mass is 35.5. The summed E-state index contributed by atoms with van der Waals surface area (Å²) in [5.74, 6) is 0.495. The first-order valence-electron chi connectivity index (χ1n) is 8.06. The third-order valence-corrected chi connectivity index (χ3v) is 3.71. The van der Waals surface area contributed by atoms with Crippen molar-refractivity contribution in [2.24, 2.45) is 5.10 Å². The third-order valence-electron chi connectivity index (χ3n) is 3.47. The van der Waals surface area contributed by atoms with E-state index in [0.717, 1.165) is 16.9 Å². The average Bonchev–Trinajstić information content (AvgIpc) is 2.61. The van der Waals surface area contributed by atoms with Gasteiger partial charge in [-0.2, -0.15) is 5.10 Å². The van der Waals surface area contributed by atoms with E-state index in [-0.39, 0.29) is 12.3 Å². The lowest BCUT2D eigenvalue weighted by Crippen LogP contribution is -2.18. The minimum absolute atomic E-state index is 0.168. The molecule has 2 rings (SSSR count). The summed E-state index contributed by atoms with van der Waals surface area (Å²) in [6.07, 6.45) is 1.29. The summed E-state index contributed by atoms with van der Waals surface area (Å²) >= 11 is 5.87. The summed E-state index contributed by atoms with van der Waals surface area (Å²) in [5.41, 5.74) is 3.98. The zero-order chi connectivity index (χ0) is 18.1. The molecule has 2 aromatic carbocycles. The Morgan fingerprint density at radius 1 is 1.32 bits per heavy atom. The second-order valence-corrected chi connectivity index (χ2v) is 5.84. The predicted octanol–water partition coefficient (Wildman–Crippen LogP) is 3.70. The van der Waals surface area contributed by atoms with Crippen molar-refractivity contribution in [2.75, 3.05) is 6.61 Å². The normalized spacial score (nSPS) is 12.1. The Morgan fingerprint density at radius 3 is 2.76 bits per heavy atom. The summed E-state index contributed by atoms with van der Waals surface area (Å²) < 4.78 is 5.36. The molecule has 0 heterocycles. The van der Waals surface area contributed by atoms with E-state index in [9.17, 15) is 9.90 Å². The number of aliphatic hydroxyl groups is 1. The number of nitrogens with one attached hydrogen (secondary N) is 1. The predicted molar refractivity (Wildman–Crippen MR) is 99.0 cm³/mol. The molecule has 1 unspecified atom stereocenters. The van der Waals surface area contributed by atoms with Gasteiger partial charge in [-0.3, -0.25) is 4.79 Å². The van der Waals surface area contributed by atoms with Crippen LogP contribution in [0, 0.1) is 0 Å². The van der Waals surface area contributed by atoms with E-state index in [1.54, 1.807) is 42.5 Å². The van der Waals surface area contributed by atoms with Gasteiger partial charge in [0.25, 0.3) is 0 Å². The van der Waals surface area contributed by atoms with Crippen LogP contribution in [-0.2, 0) is 4.79 Å². The summed E-state index contributed by atoms with van der Waals surface area (Å²) in [5, 5.41) is 14.6. The summed E-state index contributed by atoms with van der Waals surface area (Å²) in [7, 11) is 0. The number of halogens is 1. The van der Waals surface area contributed by atoms with Gasteiger partial charge in [-0.1, -0.05) is 35.9 Å². The van der Waals surface area contributed by atoms with E-state index in [1.807, 2.05) is 13.0 Å². The van der Waals surface area contributed by atoms with Crippen LogP contribution < -0.4 is 10.2 Å². The molecule has 1 amide bonds. The van der Waals surface area contributed by atoms with Gasteiger partial charge in [0.15, 0.2) is 0 Å². The monoisotopic (exact) mass is 360 g/mol. The molecule has 1 atom stereocenters. The van der Waals surface area contributed by atoms with Crippen LogP contribution in [0.5, 0.6) is 5.75 Å². The van der Waals surface area contributed by atoms with E-state index in [4.69, 9.17) is 16.3 Å². The van der Waals surface area contributed by atoms with Gasteiger partial charge < -0.3 is 9.84 Å². The fraction of sp³-hybridized carbons (Fsp3) is 0.263. The van der Waals surface area contributed by atoms with Gasteiger partial charge in [0.05, 0.1) is 18.9 Å². The molecule has 0 spiro atoms. The second-order valence-electron chi connectivity index (χ2n) is 5.40. The fourth-order valence-electron chi connectivity index (χ4n) is 2.21. The molecular formula is C19H21ClN2O3. The van der Waals surface area contributed by atoms with Crippen LogP contribution in [0.15, 0.2) is 53.6 Å². The van der Waals surface area contributed by atoms with Crippen molar-refractivity contribution < 1.29 is 14.6 Å². The number of aliphatic hydroxyl groups excluding tert-OH is 1. The maximum absolute atomic E-state index is 11.8. The molecule has 0 aromatic heterocycles.